The lowest BCUT2D eigenvalue weighted by molar-refractivity contribution is 0.123. The first-order valence-corrected chi connectivity index (χ1v) is 7.49. The minimum Gasteiger partial charge on any atom is -0.390 e. The zero-order chi connectivity index (χ0) is 13.7. The predicted molar refractivity (Wildman–Crippen MR) is 77.5 cm³/mol. The second kappa shape index (κ2) is 7.33. The number of benzene rings is 1. The third kappa shape index (κ3) is 4.84. The molecular formula is C14H20BrFN2O. The highest BCUT2D eigenvalue weighted by atomic mass is 79.9. The first kappa shape index (κ1) is 14.9. The van der Waals surface area contributed by atoms with Gasteiger partial charge >= 0.3 is 0 Å². The molecule has 19 heavy (non-hydrogen) atoms. The number of aliphatic hydroxyl groups excluding tert-OH is 1. The van der Waals surface area contributed by atoms with Crippen molar-refractivity contribution in [2.24, 2.45) is 0 Å². The van der Waals surface area contributed by atoms with Crippen LogP contribution in [0.5, 0.6) is 0 Å². The number of aliphatic hydroxyl groups is 1. The summed E-state index contributed by atoms with van der Waals surface area (Å²) in [6.07, 6.45) is 2.13. The van der Waals surface area contributed by atoms with Gasteiger partial charge in [0.2, 0.25) is 0 Å². The molecule has 0 aliphatic carbocycles. The number of β-amino-alcohol motifs (C(OH)–C–C–N with tert-alkyl or cyclic N) is 1. The van der Waals surface area contributed by atoms with Crippen LogP contribution in [0.4, 0.5) is 4.39 Å². The third-order valence-corrected chi connectivity index (χ3v) is 3.97. The number of hydrogen-bond donors (Lipinski definition) is 2. The van der Waals surface area contributed by atoms with Crippen molar-refractivity contribution in [1.82, 2.24) is 10.2 Å². The molecule has 0 spiro atoms. The van der Waals surface area contributed by atoms with Crippen molar-refractivity contribution in [3.8, 4) is 0 Å². The highest BCUT2D eigenvalue weighted by Gasteiger charge is 2.15. The van der Waals surface area contributed by atoms with Crippen LogP contribution in [0.1, 0.15) is 18.4 Å². The molecule has 1 unspecified atom stereocenters. The van der Waals surface area contributed by atoms with Gasteiger partial charge in [0, 0.05) is 19.6 Å². The first-order valence-electron chi connectivity index (χ1n) is 6.70. The summed E-state index contributed by atoms with van der Waals surface area (Å²) in [6, 6.07) is 4.96. The van der Waals surface area contributed by atoms with Crippen molar-refractivity contribution in [1.29, 1.82) is 0 Å². The maximum Gasteiger partial charge on any atom is 0.137 e. The molecule has 1 aliphatic rings. The Kier molecular flexibility index (Phi) is 5.76. The topological polar surface area (TPSA) is 35.5 Å². The Hall–Kier alpha value is -0.490. The summed E-state index contributed by atoms with van der Waals surface area (Å²) in [4.78, 5) is 2.29. The molecule has 3 nitrogen and oxygen atoms in total. The zero-order valence-corrected chi connectivity index (χ0v) is 12.5. The van der Waals surface area contributed by atoms with E-state index in [0.717, 1.165) is 25.2 Å². The molecule has 0 radical (unpaired) electrons. The molecule has 0 amide bonds. The van der Waals surface area contributed by atoms with Crippen LogP contribution < -0.4 is 5.32 Å². The minimum atomic E-state index is -0.345. The Morgan fingerprint density at radius 1 is 1.37 bits per heavy atom. The standard InChI is InChI=1S/C14H20BrFN2O/c15-13-7-11(3-4-14(13)16)8-17-9-12(19)10-18-5-1-2-6-18/h3-4,7,12,17,19H,1-2,5-6,8-10H2. The van der Waals surface area contributed by atoms with E-state index < -0.39 is 0 Å². The number of likely N-dealkylation sites (tertiary alicyclic amines) is 1. The zero-order valence-electron chi connectivity index (χ0n) is 10.9. The lowest BCUT2D eigenvalue weighted by atomic mass is 10.2. The van der Waals surface area contributed by atoms with Crippen molar-refractivity contribution in [3.05, 3.63) is 34.1 Å². The molecule has 0 saturated carbocycles. The van der Waals surface area contributed by atoms with E-state index in [1.165, 1.54) is 18.9 Å². The molecule has 1 aliphatic heterocycles. The average Bonchev–Trinajstić information content (AvgIpc) is 2.86. The predicted octanol–water partition coefficient (Wildman–Crippen LogP) is 2.13. The van der Waals surface area contributed by atoms with Gasteiger partial charge in [0.1, 0.15) is 5.82 Å². The summed E-state index contributed by atoms with van der Waals surface area (Å²) in [5.41, 5.74) is 1.00. The van der Waals surface area contributed by atoms with E-state index in [1.54, 1.807) is 12.1 Å². The maximum atomic E-state index is 13.1. The Morgan fingerprint density at radius 2 is 2.11 bits per heavy atom. The van der Waals surface area contributed by atoms with Gasteiger partial charge in [-0.05, 0) is 59.6 Å². The number of rotatable bonds is 6. The summed E-state index contributed by atoms with van der Waals surface area (Å²) >= 11 is 3.17. The molecule has 1 aromatic rings. The number of nitrogens with one attached hydrogen (secondary N) is 1. The summed E-state index contributed by atoms with van der Waals surface area (Å²) in [6.45, 7) is 4.13. The van der Waals surface area contributed by atoms with Crippen LogP contribution in [-0.2, 0) is 6.54 Å². The number of halogens is 2. The molecule has 0 aromatic heterocycles. The van der Waals surface area contributed by atoms with Gasteiger partial charge in [0.15, 0.2) is 0 Å². The van der Waals surface area contributed by atoms with Crippen LogP contribution in [0.3, 0.4) is 0 Å². The summed E-state index contributed by atoms with van der Waals surface area (Å²) in [5.74, 6) is -0.252. The minimum absolute atomic E-state index is 0.252. The molecule has 2 N–H and O–H groups in total. The molecule has 0 bridgehead atoms. The first-order chi connectivity index (χ1) is 9.15. The van der Waals surface area contributed by atoms with E-state index in [-0.39, 0.29) is 11.9 Å². The van der Waals surface area contributed by atoms with Crippen LogP contribution in [0, 0.1) is 5.82 Å². The second-order valence-electron chi connectivity index (χ2n) is 5.04. The smallest absolute Gasteiger partial charge is 0.137 e. The van der Waals surface area contributed by atoms with Crippen molar-refractivity contribution in [2.45, 2.75) is 25.5 Å². The Morgan fingerprint density at radius 3 is 2.79 bits per heavy atom. The van der Waals surface area contributed by atoms with Crippen LogP contribution in [-0.4, -0.2) is 42.3 Å². The van der Waals surface area contributed by atoms with Gasteiger partial charge in [-0.3, -0.25) is 0 Å². The third-order valence-electron chi connectivity index (χ3n) is 3.36. The highest BCUT2D eigenvalue weighted by molar-refractivity contribution is 9.10. The normalized spacial score (nSPS) is 17.8. The average molecular weight is 331 g/mol. The number of nitrogens with zero attached hydrogens (tertiary/aromatic N) is 1. The fourth-order valence-electron chi connectivity index (χ4n) is 2.36. The van der Waals surface area contributed by atoms with Gasteiger partial charge in [-0.1, -0.05) is 6.07 Å². The van der Waals surface area contributed by atoms with Crippen LogP contribution in [0.25, 0.3) is 0 Å². The SMILES string of the molecule is OC(CNCc1ccc(F)c(Br)c1)CN1CCCC1. The van der Waals surface area contributed by atoms with Gasteiger partial charge in [0.05, 0.1) is 10.6 Å². The quantitative estimate of drug-likeness (QED) is 0.838. The van der Waals surface area contributed by atoms with Crippen molar-refractivity contribution < 1.29 is 9.50 Å². The van der Waals surface area contributed by atoms with E-state index in [4.69, 9.17) is 0 Å². The Balaban J connectivity index is 1.68. The summed E-state index contributed by atoms with van der Waals surface area (Å²) < 4.78 is 13.5. The van der Waals surface area contributed by atoms with E-state index in [2.05, 4.69) is 26.1 Å². The fourth-order valence-corrected chi connectivity index (χ4v) is 2.79. The van der Waals surface area contributed by atoms with E-state index in [1.807, 2.05) is 0 Å². The van der Waals surface area contributed by atoms with Crippen molar-refractivity contribution in [3.63, 3.8) is 0 Å². The van der Waals surface area contributed by atoms with E-state index >= 15 is 0 Å². The lowest BCUT2D eigenvalue weighted by Gasteiger charge is -2.19. The van der Waals surface area contributed by atoms with Gasteiger partial charge in [0.25, 0.3) is 0 Å². The molecule has 106 valence electrons. The summed E-state index contributed by atoms with van der Waals surface area (Å²) in [5, 5.41) is 13.1. The van der Waals surface area contributed by atoms with Crippen LogP contribution in [0.15, 0.2) is 22.7 Å². The molecule has 1 fully saturated rings. The van der Waals surface area contributed by atoms with Gasteiger partial charge < -0.3 is 15.3 Å². The molecule has 1 saturated heterocycles. The Bertz CT molecular complexity index is 410. The fraction of sp³-hybridized carbons (Fsp3) is 0.571. The molecule has 1 heterocycles. The molecular weight excluding hydrogens is 311 g/mol. The van der Waals surface area contributed by atoms with Crippen molar-refractivity contribution >= 4 is 15.9 Å². The van der Waals surface area contributed by atoms with Gasteiger partial charge in [-0.2, -0.15) is 0 Å². The molecule has 1 atom stereocenters. The largest absolute Gasteiger partial charge is 0.390 e. The number of hydrogen-bond acceptors (Lipinski definition) is 3. The van der Waals surface area contributed by atoms with Crippen molar-refractivity contribution in [2.75, 3.05) is 26.2 Å². The van der Waals surface area contributed by atoms with Gasteiger partial charge in [-0.15, -0.1) is 0 Å². The van der Waals surface area contributed by atoms with Gasteiger partial charge in [-0.25, -0.2) is 4.39 Å². The summed E-state index contributed by atoms with van der Waals surface area (Å²) in [7, 11) is 0. The molecule has 2 rings (SSSR count). The van der Waals surface area contributed by atoms with Crippen LogP contribution >= 0.6 is 15.9 Å². The van der Waals surface area contributed by atoms with E-state index in [9.17, 15) is 9.50 Å². The lowest BCUT2D eigenvalue weighted by Crippen LogP contribution is -2.36. The Labute approximate surface area is 121 Å². The van der Waals surface area contributed by atoms with Crippen LogP contribution in [0.2, 0.25) is 0 Å². The monoisotopic (exact) mass is 330 g/mol. The maximum absolute atomic E-state index is 13.1. The van der Waals surface area contributed by atoms with E-state index in [0.29, 0.717) is 17.6 Å². The molecule has 1 aromatic carbocycles. The molecule has 5 heteroatoms. The highest BCUT2D eigenvalue weighted by Crippen LogP contribution is 2.16. The second-order valence-corrected chi connectivity index (χ2v) is 5.90.